The number of carbonyl (C=O) groups excluding carboxylic acids is 1. The lowest BCUT2D eigenvalue weighted by Gasteiger charge is -2.12. The smallest absolute Gasteiger partial charge is 0.418 e. The first-order valence-electron chi connectivity index (χ1n) is 9.07. The van der Waals surface area contributed by atoms with Crippen LogP contribution in [-0.2, 0) is 6.18 Å². The van der Waals surface area contributed by atoms with E-state index in [2.05, 4.69) is 25.5 Å². The van der Waals surface area contributed by atoms with Gasteiger partial charge in [-0.15, -0.1) is 0 Å². The van der Waals surface area contributed by atoms with Crippen molar-refractivity contribution in [1.29, 1.82) is 5.26 Å². The third kappa shape index (κ3) is 3.93. The summed E-state index contributed by atoms with van der Waals surface area (Å²) in [6.07, 6.45) is -2.39. The van der Waals surface area contributed by atoms with Crippen molar-refractivity contribution >= 4 is 22.5 Å². The van der Waals surface area contributed by atoms with Crippen LogP contribution in [0.25, 0.3) is 22.2 Å². The molecular weight excluding hydrogens is 425 g/mol. The number of fused-ring (bicyclic) bond motifs is 1. The number of nitriles is 1. The number of hydrogen-bond donors (Lipinski definition) is 2. The van der Waals surface area contributed by atoms with Gasteiger partial charge in [-0.05, 0) is 30.3 Å². The minimum Gasteiger partial charge on any atom is -0.481 e. The molecule has 0 atom stereocenters. The number of carbonyl (C=O) groups is 1. The Hall–Kier alpha value is -4.46. The summed E-state index contributed by atoms with van der Waals surface area (Å²) in [5.74, 6) is -0.675. The van der Waals surface area contributed by atoms with Crippen molar-refractivity contribution in [2.75, 3.05) is 12.4 Å². The van der Waals surface area contributed by atoms with E-state index in [0.717, 1.165) is 6.20 Å². The Kier molecular flexibility index (Phi) is 5.19. The van der Waals surface area contributed by atoms with E-state index in [1.54, 1.807) is 36.5 Å². The van der Waals surface area contributed by atoms with Crippen molar-refractivity contribution in [1.82, 2.24) is 20.2 Å². The fourth-order valence-electron chi connectivity index (χ4n) is 3.09. The molecule has 0 aliphatic rings. The number of nitrogens with zero attached hydrogens (tertiary/aromatic N) is 4. The predicted molar refractivity (Wildman–Crippen MR) is 108 cm³/mol. The highest BCUT2D eigenvalue weighted by Crippen LogP contribution is 2.33. The second-order valence-electron chi connectivity index (χ2n) is 6.60. The van der Waals surface area contributed by atoms with E-state index in [1.165, 1.54) is 13.2 Å². The molecule has 0 spiro atoms. The van der Waals surface area contributed by atoms with Gasteiger partial charge in [0, 0.05) is 35.1 Å². The molecule has 4 rings (SSSR count). The number of rotatable bonds is 4. The second-order valence-corrected chi connectivity index (χ2v) is 6.60. The molecule has 0 saturated carbocycles. The number of aromatic amines is 1. The van der Waals surface area contributed by atoms with Crippen LogP contribution in [0.15, 0.2) is 48.8 Å². The number of anilines is 1. The highest BCUT2D eigenvalue weighted by atomic mass is 19.4. The van der Waals surface area contributed by atoms with Crippen molar-refractivity contribution < 1.29 is 22.7 Å². The minimum atomic E-state index is -4.85. The zero-order chi connectivity index (χ0) is 22.9. The van der Waals surface area contributed by atoms with Crippen LogP contribution in [0.3, 0.4) is 0 Å². The molecule has 0 saturated heterocycles. The van der Waals surface area contributed by atoms with Crippen molar-refractivity contribution in [2.45, 2.75) is 6.18 Å². The number of nitrogens with one attached hydrogen (secondary N) is 2. The van der Waals surface area contributed by atoms with Crippen LogP contribution >= 0.6 is 0 Å². The summed E-state index contributed by atoms with van der Waals surface area (Å²) in [6.45, 7) is 0. The number of benzene rings is 1. The topological polar surface area (TPSA) is 117 Å². The van der Waals surface area contributed by atoms with Crippen LogP contribution in [0.1, 0.15) is 21.6 Å². The van der Waals surface area contributed by atoms with Gasteiger partial charge in [-0.25, -0.2) is 9.97 Å². The van der Waals surface area contributed by atoms with E-state index < -0.39 is 23.3 Å². The summed E-state index contributed by atoms with van der Waals surface area (Å²) in [4.78, 5) is 20.2. The lowest BCUT2D eigenvalue weighted by molar-refractivity contribution is -0.138. The molecule has 0 fully saturated rings. The number of ether oxygens (including phenoxy) is 1. The molecule has 3 aromatic heterocycles. The molecule has 4 aromatic rings. The molecule has 32 heavy (non-hydrogen) atoms. The van der Waals surface area contributed by atoms with Crippen molar-refractivity contribution in [3.05, 3.63) is 65.6 Å². The van der Waals surface area contributed by atoms with Gasteiger partial charge in [0.1, 0.15) is 17.5 Å². The van der Waals surface area contributed by atoms with E-state index in [1.807, 2.05) is 0 Å². The molecule has 3 heterocycles. The van der Waals surface area contributed by atoms with Gasteiger partial charge in [0.15, 0.2) is 0 Å². The summed E-state index contributed by atoms with van der Waals surface area (Å²) in [6, 6.07) is 10.3. The third-order valence-electron chi connectivity index (χ3n) is 4.58. The van der Waals surface area contributed by atoms with Gasteiger partial charge in [-0.1, -0.05) is 0 Å². The van der Waals surface area contributed by atoms with Crippen LogP contribution in [0, 0.1) is 11.3 Å². The van der Waals surface area contributed by atoms with Gasteiger partial charge < -0.3 is 10.1 Å². The molecule has 8 nitrogen and oxygen atoms in total. The number of amides is 1. The second kappa shape index (κ2) is 7.99. The van der Waals surface area contributed by atoms with Crippen LogP contribution in [-0.4, -0.2) is 33.2 Å². The molecule has 0 bridgehead atoms. The first-order valence-corrected chi connectivity index (χ1v) is 9.07. The van der Waals surface area contributed by atoms with Gasteiger partial charge in [-0.2, -0.15) is 23.5 Å². The predicted octanol–water partition coefficient (Wildman–Crippen LogP) is 4.17. The summed E-state index contributed by atoms with van der Waals surface area (Å²) in [7, 11) is 1.48. The fraction of sp³-hybridized carbons (Fsp3) is 0.0952. The number of alkyl halides is 3. The average Bonchev–Trinajstić information content (AvgIpc) is 3.21. The van der Waals surface area contributed by atoms with Crippen LogP contribution in [0.2, 0.25) is 0 Å². The SMILES string of the molecule is COc1cc(-c2n[nH]c3ccc(NC(=O)c4ncc(C#N)cc4C(F)(F)F)cc23)ccn1. The van der Waals surface area contributed by atoms with Gasteiger partial charge in [0.2, 0.25) is 5.88 Å². The van der Waals surface area contributed by atoms with E-state index in [-0.39, 0.29) is 11.3 Å². The standard InChI is InChI=1S/C21H13F3N6O2/c1-32-17-7-12(4-5-26-17)18-14-8-13(2-3-16(14)29-30-18)28-20(31)19-15(21(22,23)24)6-11(9-25)10-27-19/h2-8,10H,1H3,(H,28,31)(H,29,30). The monoisotopic (exact) mass is 438 g/mol. The maximum Gasteiger partial charge on any atom is 0.418 e. The summed E-state index contributed by atoms with van der Waals surface area (Å²) in [5.41, 5.74) is -0.285. The molecule has 0 aliphatic carbocycles. The first-order chi connectivity index (χ1) is 15.3. The highest BCUT2D eigenvalue weighted by molar-refractivity contribution is 6.05. The average molecular weight is 438 g/mol. The molecule has 0 radical (unpaired) electrons. The quantitative estimate of drug-likeness (QED) is 0.494. The fourth-order valence-corrected chi connectivity index (χ4v) is 3.09. The maximum atomic E-state index is 13.4. The highest BCUT2D eigenvalue weighted by Gasteiger charge is 2.36. The molecule has 11 heteroatoms. The number of hydrogen-bond acceptors (Lipinski definition) is 6. The number of H-pyrrole nitrogens is 1. The molecule has 2 N–H and O–H groups in total. The largest absolute Gasteiger partial charge is 0.481 e. The van der Waals surface area contributed by atoms with Crippen LogP contribution in [0.5, 0.6) is 5.88 Å². The molecule has 0 unspecified atom stereocenters. The van der Waals surface area contributed by atoms with E-state index >= 15 is 0 Å². The van der Waals surface area contributed by atoms with E-state index in [9.17, 15) is 18.0 Å². The Balaban J connectivity index is 1.70. The lowest BCUT2D eigenvalue weighted by atomic mass is 10.1. The Morgan fingerprint density at radius 2 is 2.00 bits per heavy atom. The normalized spacial score (nSPS) is 11.2. The number of aromatic nitrogens is 4. The van der Waals surface area contributed by atoms with Crippen molar-refractivity contribution in [3.8, 4) is 23.2 Å². The summed E-state index contributed by atoms with van der Waals surface area (Å²) in [5, 5.41) is 19.0. The lowest BCUT2D eigenvalue weighted by Crippen LogP contribution is -2.20. The Labute approximate surface area is 178 Å². The third-order valence-corrected chi connectivity index (χ3v) is 4.58. The Morgan fingerprint density at radius 1 is 1.19 bits per heavy atom. The summed E-state index contributed by atoms with van der Waals surface area (Å²) >= 11 is 0. The molecular formula is C21H13F3N6O2. The van der Waals surface area contributed by atoms with Gasteiger partial charge in [0.25, 0.3) is 5.91 Å². The van der Waals surface area contributed by atoms with Crippen molar-refractivity contribution in [3.63, 3.8) is 0 Å². The zero-order valence-corrected chi connectivity index (χ0v) is 16.4. The first kappa shape index (κ1) is 20.8. The van der Waals surface area contributed by atoms with E-state index in [4.69, 9.17) is 10.00 Å². The molecule has 1 amide bonds. The van der Waals surface area contributed by atoms with E-state index in [0.29, 0.717) is 34.1 Å². The van der Waals surface area contributed by atoms with Crippen LogP contribution < -0.4 is 10.1 Å². The molecule has 160 valence electrons. The minimum absolute atomic E-state index is 0.241. The summed E-state index contributed by atoms with van der Waals surface area (Å²) < 4.78 is 45.2. The van der Waals surface area contributed by atoms with Crippen LogP contribution in [0.4, 0.5) is 18.9 Å². The number of methoxy groups -OCH3 is 1. The zero-order valence-electron chi connectivity index (χ0n) is 16.4. The van der Waals surface area contributed by atoms with Crippen molar-refractivity contribution in [2.24, 2.45) is 0 Å². The van der Waals surface area contributed by atoms with Gasteiger partial charge in [-0.3, -0.25) is 9.89 Å². The molecule has 0 aliphatic heterocycles. The maximum absolute atomic E-state index is 13.4. The number of halogens is 3. The van der Waals surface area contributed by atoms with Gasteiger partial charge in [0.05, 0.1) is 23.8 Å². The Bertz CT molecular complexity index is 1370. The number of pyridine rings is 2. The Morgan fingerprint density at radius 3 is 2.72 bits per heavy atom. The van der Waals surface area contributed by atoms with Gasteiger partial charge >= 0.3 is 6.18 Å². The molecule has 1 aromatic carbocycles.